The van der Waals surface area contributed by atoms with Crippen LogP contribution in [0.3, 0.4) is 0 Å². The Morgan fingerprint density at radius 3 is 2.71 bits per heavy atom. The molecule has 0 spiro atoms. The average Bonchev–Trinajstić information content (AvgIpc) is 3.20. The first-order valence-corrected chi connectivity index (χ1v) is 7.24. The summed E-state index contributed by atoms with van der Waals surface area (Å²) in [6.07, 6.45) is 2.17. The molecule has 3 nitrogen and oxygen atoms in total. The van der Waals surface area contributed by atoms with Crippen molar-refractivity contribution in [2.75, 3.05) is 5.73 Å². The summed E-state index contributed by atoms with van der Waals surface area (Å²) >= 11 is 5.96. The molecule has 0 atom stereocenters. The van der Waals surface area contributed by atoms with Gasteiger partial charge >= 0.3 is 0 Å². The Morgan fingerprint density at radius 1 is 1.19 bits per heavy atom. The molecule has 0 bridgehead atoms. The molecule has 1 saturated carbocycles. The highest BCUT2D eigenvalue weighted by Gasteiger charge is 2.29. The summed E-state index contributed by atoms with van der Waals surface area (Å²) in [5.74, 6) is 0.534. The molecule has 5 heteroatoms. The summed E-state index contributed by atoms with van der Waals surface area (Å²) < 4.78 is 15.7. The Bertz CT molecular complexity index is 852. The largest absolute Gasteiger partial charge is 0.398 e. The lowest BCUT2D eigenvalue weighted by atomic mass is 10.1. The molecule has 3 aromatic rings. The van der Waals surface area contributed by atoms with E-state index in [4.69, 9.17) is 17.3 Å². The molecule has 0 unspecified atom stereocenters. The third kappa shape index (κ3) is 2.07. The van der Waals surface area contributed by atoms with Crippen molar-refractivity contribution in [2.24, 2.45) is 0 Å². The Morgan fingerprint density at radius 2 is 2.00 bits per heavy atom. The number of rotatable bonds is 2. The number of halogens is 2. The summed E-state index contributed by atoms with van der Waals surface area (Å²) in [6.45, 7) is 0. The van der Waals surface area contributed by atoms with E-state index in [0.29, 0.717) is 16.8 Å². The van der Waals surface area contributed by atoms with E-state index in [9.17, 15) is 4.39 Å². The van der Waals surface area contributed by atoms with Gasteiger partial charge in [-0.15, -0.1) is 0 Å². The van der Waals surface area contributed by atoms with E-state index in [1.165, 1.54) is 12.1 Å². The average molecular weight is 302 g/mol. The lowest BCUT2D eigenvalue weighted by Crippen LogP contribution is -2.00. The molecule has 1 aliphatic carbocycles. The molecule has 106 valence electrons. The van der Waals surface area contributed by atoms with Gasteiger partial charge in [0.2, 0.25) is 0 Å². The van der Waals surface area contributed by atoms with Crippen LogP contribution in [-0.2, 0) is 0 Å². The van der Waals surface area contributed by atoms with Crippen molar-refractivity contribution in [3.05, 3.63) is 47.2 Å². The molecule has 1 fully saturated rings. The van der Waals surface area contributed by atoms with E-state index < -0.39 is 0 Å². The zero-order valence-electron chi connectivity index (χ0n) is 11.2. The number of hydrogen-bond donors (Lipinski definition) is 1. The Kier molecular flexibility index (Phi) is 2.69. The van der Waals surface area contributed by atoms with Gasteiger partial charge in [0.1, 0.15) is 11.6 Å². The molecule has 1 aliphatic rings. The van der Waals surface area contributed by atoms with E-state index >= 15 is 0 Å². The smallest absolute Gasteiger partial charge is 0.143 e. The first-order valence-electron chi connectivity index (χ1n) is 6.86. The maximum Gasteiger partial charge on any atom is 0.143 e. The number of nitrogens with two attached hydrogens (primary N) is 1. The molecular weight excluding hydrogens is 289 g/mol. The predicted molar refractivity (Wildman–Crippen MR) is 82.8 cm³/mol. The van der Waals surface area contributed by atoms with Gasteiger partial charge in [0.05, 0.1) is 11.0 Å². The van der Waals surface area contributed by atoms with Gasteiger partial charge in [-0.2, -0.15) is 0 Å². The first-order chi connectivity index (χ1) is 10.1. The fraction of sp³-hybridized carbons (Fsp3) is 0.188. The normalized spacial score (nSPS) is 14.8. The van der Waals surface area contributed by atoms with Gasteiger partial charge in [0.25, 0.3) is 0 Å². The van der Waals surface area contributed by atoms with Crippen LogP contribution in [0.15, 0.2) is 36.4 Å². The topological polar surface area (TPSA) is 43.8 Å². The van der Waals surface area contributed by atoms with Crippen LogP contribution in [0.4, 0.5) is 10.1 Å². The first kappa shape index (κ1) is 12.7. The lowest BCUT2D eigenvalue weighted by molar-refractivity contribution is 0.628. The lowest BCUT2D eigenvalue weighted by Gasteiger charge is -2.10. The van der Waals surface area contributed by atoms with Crippen LogP contribution in [0.25, 0.3) is 22.4 Å². The van der Waals surface area contributed by atoms with Crippen molar-refractivity contribution >= 4 is 28.3 Å². The third-order valence-corrected chi connectivity index (χ3v) is 4.05. The van der Waals surface area contributed by atoms with Gasteiger partial charge < -0.3 is 10.3 Å². The van der Waals surface area contributed by atoms with Crippen molar-refractivity contribution in [1.82, 2.24) is 9.55 Å². The van der Waals surface area contributed by atoms with E-state index in [2.05, 4.69) is 9.55 Å². The monoisotopic (exact) mass is 301 g/mol. The summed E-state index contributed by atoms with van der Waals surface area (Å²) in [4.78, 5) is 4.65. The Balaban J connectivity index is 2.01. The Hall–Kier alpha value is -2.07. The molecule has 0 saturated heterocycles. The minimum Gasteiger partial charge on any atom is -0.398 e. The van der Waals surface area contributed by atoms with Crippen LogP contribution in [0, 0.1) is 5.82 Å². The molecule has 1 heterocycles. The summed E-state index contributed by atoms with van der Waals surface area (Å²) in [7, 11) is 0. The van der Waals surface area contributed by atoms with Gasteiger partial charge in [-0.1, -0.05) is 11.6 Å². The Labute approximate surface area is 126 Å². The molecule has 0 aliphatic heterocycles. The van der Waals surface area contributed by atoms with E-state index in [1.54, 1.807) is 18.2 Å². The number of nitrogen functional groups attached to an aromatic ring is 1. The van der Waals surface area contributed by atoms with Gasteiger partial charge in [0, 0.05) is 22.3 Å². The third-order valence-electron chi connectivity index (χ3n) is 3.82. The fourth-order valence-corrected chi connectivity index (χ4v) is 2.88. The molecule has 4 rings (SSSR count). The minimum atomic E-state index is -0.250. The number of imidazole rings is 1. The van der Waals surface area contributed by atoms with Crippen molar-refractivity contribution in [2.45, 2.75) is 18.9 Å². The molecule has 2 N–H and O–H groups in total. The summed E-state index contributed by atoms with van der Waals surface area (Å²) in [5.41, 5.74) is 9.11. The van der Waals surface area contributed by atoms with Gasteiger partial charge in [0.15, 0.2) is 0 Å². The molecule has 2 aromatic carbocycles. The van der Waals surface area contributed by atoms with Crippen molar-refractivity contribution in [3.63, 3.8) is 0 Å². The molecular formula is C16H13ClFN3. The zero-order chi connectivity index (χ0) is 14.6. The number of nitrogens with zero attached hydrogens (tertiary/aromatic N) is 2. The van der Waals surface area contributed by atoms with Gasteiger partial charge in [-0.05, 0) is 49.2 Å². The van der Waals surface area contributed by atoms with Crippen molar-refractivity contribution < 1.29 is 4.39 Å². The number of benzene rings is 2. The second-order valence-corrected chi connectivity index (χ2v) is 5.84. The van der Waals surface area contributed by atoms with E-state index in [-0.39, 0.29) is 5.82 Å². The molecule has 0 amide bonds. The maximum atomic E-state index is 13.6. The highest BCUT2D eigenvalue weighted by molar-refractivity contribution is 6.31. The summed E-state index contributed by atoms with van der Waals surface area (Å²) in [6, 6.07) is 10.4. The SMILES string of the molecule is Nc1cc(Cl)ccc1-c1nc2ccc(F)cc2n1C1CC1. The highest BCUT2D eigenvalue weighted by atomic mass is 35.5. The second-order valence-electron chi connectivity index (χ2n) is 5.40. The quantitative estimate of drug-likeness (QED) is 0.712. The molecule has 21 heavy (non-hydrogen) atoms. The zero-order valence-corrected chi connectivity index (χ0v) is 11.9. The number of aromatic nitrogens is 2. The van der Waals surface area contributed by atoms with Gasteiger partial charge in [-0.25, -0.2) is 9.37 Å². The highest BCUT2D eigenvalue weighted by Crippen LogP contribution is 2.42. The number of hydrogen-bond acceptors (Lipinski definition) is 2. The molecule has 1 aromatic heterocycles. The fourth-order valence-electron chi connectivity index (χ4n) is 2.70. The van der Waals surface area contributed by atoms with Crippen LogP contribution in [0.5, 0.6) is 0 Å². The van der Waals surface area contributed by atoms with Crippen LogP contribution in [0.2, 0.25) is 5.02 Å². The predicted octanol–water partition coefficient (Wildman–Crippen LogP) is 4.41. The van der Waals surface area contributed by atoms with Crippen LogP contribution in [-0.4, -0.2) is 9.55 Å². The maximum absolute atomic E-state index is 13.6. The van der Waals surface area contributed by atoms with E-state index in [0.717, 1.165) is 35.3 Å². The summed E-state index contributed by atoms with van der Waals surface area (Å²) in [5, 5.41) is 0.594. The van der Waals surface area contributed by atoms with E-state index in [1.807, 2.05) is 6.07 Å². The van der Waals surface area contributed by atoms with Gasteiger partial charge in [-0.3, -0.25) is 0 Å². The van der Waals surface area contributed by atoms with Crippen LogP contribution < -0.4 is 5.73 Å². The number of fused-ring (bicyclic) bond motifs is 1. The van der Waals surface area contributed by atoms with Crippen LogP contribution in [0.1, 0.15) is 18.9 Å². The second kappa shape index (κ2) is 4.46. The van der Waals surface area contributed by atoms with Crippen molar-refractivity contribution in [1.29, 1.82) is 0 Å². The molecule has 0 radical (unpaired) electrons. The minimum absolute atomic E-state index is 0.250. The van der Waals surface area contributed by atoms with Crippen LogP contribution >= 0.6 is 11.6 Å². The standard InChI is InChI=1S/C16H13ClFN3/c17-9-1-5-12(13(19)7-9)16-20-14-6-2-10(18)8-15(14)21(16)11-3-4-11/h1-2,5-8,11H,3-4,19H2. The van der Waals surface area contributed by atoms with Crippen molar-refractivity contribution in [3.8, 4) is 11.4 Å². The number of anilines is 1.